The van der Waals surface area contributed by atoms with Gasteiger partial charge >= 0.3 is 0 Å². The molecule has 3 N–H and O–H groups in total. The lowest BCUT2D eigenvalue weighted by atomic mass is 9.87. The van der Waals surface area contributed by atoms with Crippen molar-refractivity contribution in [2.75, 3.05) is 6.54 Å². The van der Waals surface area contributed by atoms with E-state index < -0.39 is 0 Å². The zero-order valence-corrected chi connectivity index (χ0v) is 12.7. The molecule has 0 saturated heterocycles. The van der Waals surface area contributed by atoms with E-state index in [-0.39, 0.29) is 18.3 Å². The third-order valence-corrected chi connectivity index (χ3v) is 4.29. The normalized spacial score (nSPS) is 25.4. The first kappa shape index (κ1) is 15.3. The molecule has 0 spiro atoms. The molecule has 5 nitrogen and oxygen atoms in total. The molecular weight excluding hydrogens is 276 g/mol. The van der Waals surface area contributed by atoms with Gasteiger partial charge in [0.05, 0.1) is 0 Å². The van der Waals surface area contributed by atoms with Crippen molar-refractivity contribution in [1.29, 1.82) is 0 Å². The van der Waals surface area contributed by atoms with Crippen molar-refractivity contribution in [1.82, 2.24) is 20.8 Å². The number of aromatic amines is 1. The number of hydrogen-bond donors (Lipinski definition) is 3. The van der Waals surface area contributed by atoms with Gasteiger partial charge in [0, 0.05) is 36.8 Å². The van der Waals surface area contributed by atoms with Crippen LogP contribution in [0.25, 0.3) is 0 Å². The number of nitrogens with one attached hydrogen (secondary N) is 3. The Balaban J connectivity index is 0.00000147. The van der Waals surface area contributed by atoms with Crippen molar-refractivity contribution in [3.63, 3.8) is 0 Å². The van der Waals surface area contributed by atoms with Crippen LogP contribution in [-0.4, -0.2) is 28.7 Å². The molecular formula is C14H23ClN4O. The third kappa shape index (κ3) is 3.15. The first-order chi connectivity index (χ1) is 9.24. The topological polar surface area (TPSA) is 69.8 Å². The van der Waals surface area contributed by atoms with E-state index in [0.29, 0.717) is 17.7 Å². The second-order valence-electron chi connectivity index (χ2n) is 5.90. The summed E-state index contributed by atoms with van der Waals surface area (Å²) in [5.74, 6) is 0.703. The predicted molar refractivity (Wildman–Crippen MR) is 80.1 cm³/mol. The second kappa shape index (κ2) is 6.59. The molecule has 1 aliphatic carbocycles. The summed E-state index contributed by atoms with van der Waals surface area (Å²) in [5, 5.41) is 13.7. The Kier molecular flexibility index (Phi) is 5.05. The van der Waals surface area contributed by atoms with Crippen molar-refractivity contribution < 1.29 is 4.79 Å². The summed E-state index contributed by atoms with van der Waals surface area (Å²) < 4.78 is 0. The number of hydrogen-bond acceptors (Lipinski definition) is 3. The lowest BCUT2D eigenvalue weighted by Crippen LogP contribution is -2.39. The molecule has 2 unspecified atom stereocenters. The number of fused-ring (bicyclic) bond motifs is 1. The SMILES string of the molecule is CC1CCCC(NC(=O)c2n[nH]c3c2CNCC3)C1.Cl. The van der Waals surface area contributed by atoms with Gasteiger partial charge in [-0.1, -0.05) is 19.8 Å². The van der Waals surface area contributed by atoms with Gasteiger partial charge in [0.25, 0.3) is 5.91 Å². The van der Waals surface area contributed by atoms with E-state index >= 15 is 0 Å². The fraction of sp³-hybridized carbons (Fsp3) is 0.714. The maximum Gasteiger partial charge on any atom is 0.272 e. The van der Waals surface area contributed by atoms with Gasteiger partial charge in [0.1, 0.15) is 0 Å². The predicted octanol–water partition coefficient (Wildman–Crippen LogP) is 1.79. The number of carbonyl (C=O) groups is 1. The maximum absolute atomic E-state index is 12.3. The Morgan fingerprint density at radius 3 is 3.05 bits per heavy atom. The van der Waals surface area contributed by atoms with Crippen LogP contribution in [0.15, 0.2) is 0 Å². The van der Waals surface area contributed by atoms with E-state index in [1.165, 1.54) is 12.8 Å². The van der Waals surface area contributed by atoms with Gasteiger partial charge in [0.2, 0.25) is 0 Å². The van der Waals surface area contributed by atoms with Crippen LogP contribution in [0.3, 0.4) is 0 Å². The van der Waals surface area contributed by atoms with Crippen LogP contribution in [0, 0.1) is 5.92 Å². The van der Waals surface area contributed by atoms with Crippen molar-refractivity contribution in [2.45, 2.75) is 51.6 Å². The second-order valence-corrected chi connectivity index (χ2v) is 5.90. The molecule has 0 radical (unpaired) electrons. The molecule has 1 fully saturated rings. The average Bonchev–Trinajstić information content (AvgIpc) is 2.82. The monoisotopic (exact) mass is 298 g/mol. The number of halogens is 1. The van der Waals surface area contributed by atoms with Crippen LogP contribution in [0.2, 0.25) is 0 Å². The Morgan fingerprint density at radius 2 is 2.25 bits per heavy atom. The van der Waals surface area contributed by atoms with Crippen molar-refractivity contribution in [2.24, 2.45) is 5.92 Å². The minimum atomic E-state index is -0.0136. The average molecular weight is 299 g/mol. The highest BCUT2D eigenvalue weighted by atomic mass is 35.5. The maximum atomic E-state index is 12.3. The number of carbonyl (C=O) groups excluding carboxylic acids is 1. The first-order valence-corrected chi connectivity index (χ1v) is 7.31. The highest BCUT2D eigenvalue weighted by molar-refractivity contribution is 5.94. The van der Waals surface area contributed by atoms with Crippen molar-refractivity contribution in [3.05, 3.63) is 17.0 Å². The number of rotatable bonds is 2. The van der Waals surface area contributed by atoms with Crippen LogP contribution in [0.5, 0.6) is 0 Å². The van der Waals surface area contributed by atoms with Crippen LogP contribution < -0.4 is 10.6 Å². The van der Waals surface area contributed by atoms with Crippen molar-refractivity contribution in [3.8, 4) is 0 Å². The molecule has 1 amide bonds. The van der Waals surface area contributed by atoms with Gasteiger partial charge in [-0.2, -0.15) is 5.10 Å². The molecule has 2 atom stereocenters. The van der Waals surface area contributed by atoms with Crippen LogP contribution in [0.4, 0.5) is 0 Å². The highest BCUT2D eigenvalue weighted by Gasteiger charge is 2.25. The van der Waals surface area contributed by atoms with Gasteiger partial charge in [-0.05, 0) is 18.8 Å². The number of aromatic nitrogens is 2. The smallest absolute Gasteiger partial charge is 0.272 e. The summed E-state index contributed by atoms with van der Waals surface area (Å²) in [6.45, 7) is 3.96. The molecule has 0 aromatic carbocycles. The summed E-state index contributed by atoms with van der Waals surface area (Å²) in [5.41, 5.74) is 2.74. The molecule has 3 rings (SSSR count). The van der Waals surface area contributed by atoms with Crippen LogP contribution >= 0.6 is 12.4 Å². The zero-order chi connectivity index (χ0) is 13.2. The zero-order valence-electron chi connectivity index (χ0n) is 11.9. The molecule has 2 heterocycles. The van der Waals surface area contributed by atoms with Crippen molar-refractivity contribution >= 4 is 18.3 Å². The van der Waals surface area contributed by atoms with Gasteiger partial charge in [0.15, 0.2) is 5.69 Å². The van der Waals surface area contributed by atoms with E-state index in [1.54, 1.807) is 0 Å². The lowest BCUT2D eigenvalue weighted by molar-refractivity contribution is 0.0915. The molecule has 1 aromatic rings. The van der Waals surface area contributed by atoms with E-state index in [2.05, 4.69) is 27.8 Å². The lowest BCUT2D eigenvalue weighted by Gasteiger charge is -2.27. The molecule has 6 heteroatoms. The van der Waals surface area contributed by atoms with Gasteiger partial charge < -0.3 is 10.6 Å². The van der Waals surface area contributed by atoms with E-state index in [0.717, 1.165) is 43.6 Å². The van der Waals surface area contributed by atoms with Gasteiger partial charge in [-0.25, -0.2) is 0 Å². The minimum absolute atomic E-state index is 0. The number of H-pyrrole nitrogens is 1. The summed E-state index contributed by atoms with van der Waals surface area (Å²) in [4.78, 5) is 12.3. The molecule has 20 heavy (non-hydrogen) atoms. The first-order valence-electron chi connectivity index (χ1n) is 7.31. The minimum Gasteiger partial charge on any atom is -0.348 e. The molecule has 1 aromatic heterocycles. The number of nitrogens with zero attached hydrogens (tertiary/aromatic N) is 1. The Hall–Kier alpha value is -1.07. The van der Waals surface area contributed by atoms with Crippen LogP contribution in [-0.2, 0) is 13.0 Å². The largest absolute Gasteiger partial charge is 0.348 e. The quantitative estimate of drug-likeness (QED) is 0.779. The van der Waals surface area contributed by atoms with Gasteiger partial charge in [-0.3, -0.25) is 9.89 Å². The van der Waals surface area contributed by atoms with E-state index in [9.17, 15) is 4.79 Å². The summed E-state index contributed by atoms with van der Waals surface area (Å²) in [6.07, 6.45) is 5.62. The molecule has 2 aliphatic rings. The molecule has 0 bridgehead atoms. The van der Waals surface area contributed by atoms with Gasteiger partial charge in [-0.15, -0.1) is 12.4 Å². The molecule has 1 aliphatic heterocycles. The Labute approximate surface area is 125 Å². The van der Waals surface area contributed by atoms with Crippen LogP contribution in [0.1, 0.15) is 54.4 Å². The standard InChI is InChI=1S/C14H22N4O.ClH/c1-9-3-2-4-10(7-9)16-14(19)13-11-8-15-6-5-12(11)17-18-13;/h9-10,15H,2-8H2,1H3,(H,16,19)(H,17,18);1H. The Morgan fingerprint density at radius 1 is 1.40 bits per heavy atom. The third-order valence-electron chi connectivity index (χ3n) is 4.29. The highest BCUT2D eigenvalue weighted by Crippen LogP contribution is 2.24. The summed E-state index contributed by atoms with van der Waals surface area (Å²) in [6, 6.07) is 0.320. The summed E-state index contributed by atoms with van der Waals surface area (Å²) >= 11 is 0. The molecule has 112 valence electrons. The Bertz CT molecular complexity index is 474. The van der Waals surface area contributed by atoms with E-state index in [4.69, 9.17) is 0 Å². The fourth-order valence-corrected chi connectivity index (χ4v) is 3.23. The molecule has 1 saturated carbocycles. The fourth-order valence-electron chi connectivity index (χ4n) is 3.23. The summed E-state index contributed by atoms with van der Waals surface area (Å²) in [7, 11) is 0. The number of amides is 1. The van der Waals surface area contributed by atoms with E-state index in [1.807, 2.05) is 0 Å².